The molecular weight excluding hydrogens is 254 g/mol. The summed E-state index contributed by atoms with van der Waals surface area (Å²) in [6.45, 7) is 0.916. The molecule has 0 atom stereocenters. The van der Waals surface area contributed by atoms with Crippen LogP contribution in [0.4, 0.5) is 23.4 Å². The second kappa shape index (κ2) is 6.48. The van der Waals surface area contributed by atoms with Gasteiger partial charge in [0.05, 0.1) is 24.7 Å². The van der Waals surface area contributed by atoms with E-state index >= 15 is 0 Å². The van der Waals surface area contributed by atoms with Crippen LogP contribution in [0.15, 0.2) is 12.4 Å². The molecule has 0 aliphatic heterocycles. The minimum absolute atomic E-state index is 0.290. The van der Waals surface area contributed by atoms with Gasteiger partial charge in [-0.25, -0.2) is 13.8 Å². The second-order valence-electron chi connectivity index (χ2n) is 3.48. The number of alkyl halides is 4. The van der Waals surface area contributed by atoms with Gasteiger partial charge >= 0.3 is 12.3 Å². The highest BCUT2D eigenvalue weighted by molar-refractivity contribution is 5.30. The van der Waals surface area contributed by atoms with Gasteiger partial charge in [0.25, 0.3) is 0 Å². The number of nitrogens with one attached hydrogen (secondary N) is 1. The number of hydrogen-bond donors (Lipinski definition) is 1. The molecule has 0 aromatic carbocycles. The summed E-state index contributed by atoms with van der Waals surface area (Å²) in [4.78, 5) is 7.81. The van der Waals surface area contributed by atoms with Crippen LogP contribution in [0.3, 0.4) is 0 Å². The molecule has 1 aromatic rings. The van der Waals surface area contributed by atoms with Gasteiger partial charge < -0.3 is 10.1 Å². The molecule has 0 spiro atoms. The minimum atomic E-state index is -4.14. The van der Waals surface area contributed by atoms with Crippen molar-refractivity contribution in [3.05, 3.63) is 18.1 Å². The average molecular weight is 267 g/mol. The molecule has 1 aromatic heterocycles. The number of halogens is 4. The van der Waals surface area contributed by atoms with E-state index in [2.05, 4.69) is 20.0 Å². The molecule has 1 heterocycles. The summed E-state index contributed by atoms with van der Waals surface area (Å²) in [6, 6.07) is 0. The first-order valence-electron chi connectivity index (χ1n) is 5.24. The molecule has 102 valence electrons. The maximum absolute atomic E-state index is 12.5. The van der Waals surface area contributed by atoms with Crippen LogP contribution in [0.2, 0.25) is 0 Å². The van der Waals surface area contributed by atoms with Crippen molar-refractivity contribution < 1.29 is 22.3 Å². The molecule has 0 aliphatic rings. The first-order chi connectivity index (χ1) is 8.45. The zero-order valence-corrected chi connectivity index (χ0v) is 9.67. The summed E-state index contributed by atoms with van der Waals surface area (Å²) in [6.07, 6.45) is -0.994. The zero-order chi connectivity index (χ0) is 13.6. The Bertz CT molecular complexity index is 359. The fraction of sp³-hybridized carbons (Fsp3) is 0.600. The van der Waals surface area contributed by atoms with Crippen molar-refractivity contribution >= 4 is 5.82 Å². The van der Waals surface area contributed by atoms with Crippen molar-refractivity contribution in [2.75, 3.05) is 18.5 Å². The monoisotopic (exact) mass is 267 g/mol. The third-order valence-electron chi connectivity index (χ3n) is 1.93. The maximum atomic E-state index is 12.5. The Labute approximate surface area is 101 Å². The molecule has 0 bridgehead atoms. The number of ether oxygens (including phenoxy) is 1. The molecule has 0 saturated heterocycles. The molecule has 0 unspecified atom stereocenters. The fourth-order valence-corrected chi connectivity index (χ4v) is 1.06. The van der Waals surface area contributed by atoms with Crippen LogP contribution in [0.1, 0.15) is 12.6 Å². The lowest BCUT2D eigenvalue weighted by Gasteiger charge is -2.14. The number of anilines is 1. The van der Waals surface area contributed by atoms with Gasteiger partial charge in [-0.2, -0.15) is 8.78 Å². The van der Waals surface area contributed by atoms with Crippen molar-refractivity contribution in [2.45, 2.75) is 25.9 Å². The molecular formula is C10H13F4N3O. The highest BCUT2D eigenvalue weighted by atomic mass is 19.3. The Balaban J connectivity index is 2.40. The number of aromatic nitrogens is 2. The van der Waals surface area contributed by atoms with Crippen molar-refractivity contribution in [3.8, 4) is 0 Å². The van der Waals surface area contributed by atoms with Crippen LogP contribution in [-0.4, -0.2) is 35.5 Å². The van der Waals surface area contributed by atoms with Crippen molar-refractivity contribution in [3.63, 3.8) is 0 Å². The molecule has 4 nitrogen and oxygen atoms in total. The van der Waals surface area contributed by atoms with Gasteiger partial charge in [-0.05, 0) is 6.92 Å². The SMILES string of the molecule is CCNc1cnc(COCC(F)(F)C(F)F)cn1. The van der Waals surface area contributed by atoms with E-state index in [1.165, 1.54) is 12.4 Å². The van der Waals surface area contributed by atoms with Gasteiger partial charge in [0.2, 0.25) is 0 Å². The van der Waals surface area contributed by atoms with Gasteiger partial charge in [0.1, 0.15) is 12.4 Å². The lowest BCUT2D eigenvalue weighted by atomic mass is 10.4. The summed E-state index contributed by atoms with van der Waals surface area (Å²) in [5.41, 5.74) is 0.293. The summed E-state index contributed by atoms with van der Waals surface area (Å²) >= 11 is 0. The first-order valence-corrected chi connectivity index (χ1v) is 5.24. The van der Waals surface area contributed by atoms with Crippen LogP contribution in [0, 0.1) is 0 Å². The molecule has 8 heteroatoms. The number of nitrogens with zero attached hydrogens (tertiary/aromatic N) is 2. The Morgan fingerprint density at radius 2 is 2.06 bits per heavy atom. The van der Waals surface area contributed by atoms with E-state index in [0.717, 1.165) is 0 Å². The van der Waals surface area contributed by atoms with Crippen molar-refractivity contribution in [1.82, 2.24) is 9.97 Å². The molecule has 0 saturated carbocycles. The average Bonchev–Trinajstić information content (AvgIpc) is 2.31. The summed E-state index contributed by atoms with van der Waals surface area (Å²) in [5, 5.41) is 2.90. The van der Waals surface area contributed by atoms with Gasteiger partial charge in [-0.3, -0.25) is 4.98 Å². The number of hydrogen-bond acceptors (Lipinski definition) is 4. The predicted octanol–water partition coefficient (Wildman–Crippen LogP) is 2.33. The molecule has 18 heavy (non-hydrogen) atoms. The Morgan fingerprint density at radius 3 is 2.56 bits per heavy atom. The van der Waals surface area contributed by atoms with E-state index in [0.29, 0.717) is 18.1 Å². The van der Waals surface area contributed by atoms with Crippen LogP contribution in [0.25, 0.3) is 0 Å². The van der Waals surface area contributed by atoms with Crippen LogP contribution < -0.4 is 5.32 Å². The fourth-order valence-electron chi connectivity index (χ4n) is 1.06. The summed E-state index contributed by atoms with van der Waals surface area (Å²) < 4.78 is 53.1. The van der Waals surface area contributed by atoms with E-state index in [1.807, 2.05) is 6.92 Å². The minimum Gasteiger partial charge on any atom is -0.369 e. The lowest BCUT2D eigenvalue weighted by Crippen LogP contribution is -2.32. The zero-order valence-electron chi connectivity index (χ0n) is 9.67. The van der Waals surface area contributed by atoms with Gasteiger partial charge in [-0.15, -0.1) is 0 Å². The van der Waals surface area contributed by atoms with E-state index in [9.17, 15) is 17.6 Å². The molecule has 1 rings (SSSR count). The molecule has 1 N–H and O–H groups in total. The molecule has 0 aliphatic carbocycles. The third-order valence-corrected chi connectivity index (χ3v) is 1.93. The van der Waals surface area contributed by atoms with Gasteiger partial charge in [0.15, 0.2) is 0 Å². The Hall–Kier alpha value is -1.44. The normalized spacial score (nSPS) is 11.9. The predicted molar refractivity (Wildman–Crippen MR) is 56.8 cm³/mol. The van der Waals surface area contributed by atoms with Crippen LogP contribution in [0.5, 0.6) is 0 Å². The maximum Gasteiger partial charge on any atom is 0.330 e. The van der Waals surface area contributed by atoms with Gasteiger partial charge in [0, 0.05) is 6.54 Å². The smallest absolute Gasteiger partial charge is 0.330 e. The molecule has 0 fully saturated rings. The highest BCUT2D eigenvalue weighted by Gasteiger charge is 2.40. The Morgan fingerprint density at radius 1 is 1.33 bits per heavy atom. The highest BCUT2D eigenvalue weighted by Crippen LogP contribution is 2.23. The van der Waals surface area contributed by atoms with Crippen molar-refractivity contribution in [2.24, 2.45) is 0 Å². The third kappa shape index (κ3) is 4.44. The summed E-state index contributed by atoms with van der Waals surface area (Å²) in [7, 11) is 0. The van der Waals surface area contributed by atoms with Gasteiger partial charge in [-0.1, -0.05) is 0 Å². The van der Waals surface area contributed by atoms with Crippen LogP contribution >= 0.6 is 0 Å². The lowest BCUT2D eigenvalue weighted by molar-refractivity contribution is -0.168. The van der Waals surface area contributed by atoms with E-state index in [1.54, 1.807) is 0 Å². The summed E-state index contributed by atoms with van der Waals surface area (Å²) in [5.74, 6) is -3.60. The first kappa shape index (κ1) is 14.6. The topological polar surface area (TPSA) is 47.0 Å². The molecule has 0 amide bonds. The quantitative estimate of drug-likeness (QED) is 0.770. The Kier molecular flexibility index (Phi) is 5.26. The van der Waals surface area contributed by atoms with E-state index in [-0.39, 0.29) is 6.61 Å². The van der Waals surface area contributed by atoms with E-state index < -0.39 is 19.0 Å². The largest absolute Gasteiger partial charge is 0.369 e. The second-order valence-corrected chi connectivity index (χ2v) is 3.48. The van der Waals surface area contributed by atoms with E-state index in [4.69, 9.17) is 0 Å². The van der Waals surface area contributed by atoms with Crippen LogP contribution in [-0.2, 0) is 11.3 Å². The number of rotatable bonds is 7. The standard InChI is InChI=1S/C10H13F4N3O/c1-2-15-8-4-16-7(3-17-8)5-18-6-10(13,14)9(11)12/h3-4,9H,2,5-6H2,1H3,(H,15,17). The molecule has 0 radical (unpaired) electrons. The van der Waals surface area contributed by atoms with Crippen molar-refractivity contribution in [1.29, 1.82) is 0 Å².